The topological polar surface area (TPSA) is 94.6 Å². The highest BCUT2D eigenvalue weighted by Crippen LogP contribution is 2.42. The average Bonchev–Trinajstić information content (AvgIpc) is 2.71. The van der Waals surface area contributed by atoms with Crippen molar-refractivity contribution in [2.75, 3.05) is 13.7 Å². The minimum Gasteiger partial charge on any atom is -0.384 e. The van der Waals surface area contributed by atoms with Gasteiger partial charge >= 0.3 is 0 Å². The van der Waals surface area contributed by atoms with Crippen molar-refractivity contribution >= 4 is 28.9 Å². The molecule has 0 heterocycles. The van der Waals surface area contributed by atoms with Gasteiger partial charge in [-0.2, -0.15) is 0 Å². The fraction of sp³-hybridized carbons (Fsp3) is 0.821. The molecule has 0 radical (unpaired) electrons. The molecule has 0 N–H and O–H groups in total. The van der Waals surface area contributed by atoms with Crippen molar-refractivity contribution < 1.29 is 28.7 Å². The molecule has 34 heavy (non-hydrogen) atoms. The fourth-order valence-corrected chi connectivity index (χ4v) is 5.50. The molecule has 0 rings (SSSR count). The molecule has 0 saturated heterocycles. The van der Waals surface area contributed by atoms with Crippen molar-refractivity contribution in [3.63, 3.8) is 0 Å². The first kappa shape index (κ1) is 32.3. The van der Waals surface area contributed by atoms with Crippen molar-refractivity contribution in [1.82, 2.24) is 0 Å². The molecule has 6 nitrogen and oxygen atoms in total. The molecule has 0 fully saturated rings. The van der Waals surface area contributed by atoms with Gasteiger partial charge in [0.05, 0.1) is 0 Å². The van der Waals surface area contributed by atoms with E-state index in [0.717, 1.165) is 6.42 Å². The summed E-state index contributed by atoms with van der Waals surface area (Å²) in [5, 5.41) is 0. The molecular formula is C28H48O6. The largest absolute Gasteiger partial charge is 0.384 e. The lowest BCUT2D eigenvalue weighted by Crippen LogP contribution is -2.39. The van der Waals surface area contributed by atoms with Gasteiger partial charge in [-0.25, -0.2) is 0 Å². The van der Waals surface area contributed by atoms with Crippen LogP contribution in [0.25, 0.3) is 0 Å². The number of carbonyl (C=O) groups is 5. The van der Waals surface area contributed by atoms with Crippen LogP contribution in [0.5, 0.6) is 0 Å². The third-order valence-electron chi connectivity index (χ3n) is 7.72. The molecule has 0 aromatic rings. The minimum absolute atomic E-state index is 0.0135. The lowest BCUT2D eigenvalue weighted by Gasteiger charge is -2.38. The summed E-state index contributed by atoms with van der Waals surface area (Å²) in [5.74, 6) is -1.34. The van der Waals surface area contributed by atoms with E-state index in [4.69, 9.17) is 4.74 Å². The van der Waals surface area contributed by atoms with E-state index in [1.165, 1.54) is 27.7 Å². The zero-order valence-corrected chi connectivity index (χ0v) is 23.0. The van der Waals surface area contributed by atoms with Gasteiger partial charge < -0.3 is 4.74 Å². The van der Waals surface area contributed by atoms with Crippen LogP contribution in [-0.2, 0) is 28.7 Å². The Morgan fingerprint density at radius 3 is 1.68 bits per heavy atom. The van der Waals surface area contributed by atoms with E-state index in [9.17, 15) is 24.0 Å². The van der Waals surface area contributed by atoms with E-state index in [-0.39, 0.29) is 47.2 Å². The number of hydrogen-bond donors (Lipinski definition) is 0. The van der Waals surface area contributed by atoms with Crippen molar-refractivity contribution in [1.29, 1.82) is 0 Å². The Labute approximate surface area is 207 Å². The van der Waals surface area contributed by atoms with Gasteiger partial charge in [0.15, 0.2) is 0 Å². The molecule has 0 aliphatic rings. The second kappa shape index (κ2) is 15.3. The first-order valence-electron chi connectivity index (χ1n) is 12.8. The summed E-state index contributed by atoms with van der Waals surface area (Å²) in [6.45, 7) is 13.9. The normalized spacial score (nSPS) is 17.7. The molecule has 196 valence electrons. The summed E-state index contributed by atoms with van der Waals surface area (Å²) in [6, 6.07) is 0. The lowest BCUT2D eigenvalue weighted by atomic mass is 9.65. The second-order valence-corrected chi connectivity index (χ2v) is 10.5. The van der Waals surface area contributed by atoms with Crippen LogP contribution in [0.4, 0.5) is 0 Å². The summed E-state index contributed by atoms with van der Waals surface area (Å²) in [5.41, 5.74) is -0.997. The van der Waals surface area contributed by atoms with Gasteiger partial charge in [0.25, 0.3) is 0 Å². The number of carbonyl (C=O) groups excluding carboxylic acids is 5. The number of ketones is 5. The van der Waals surface area contributed by atoms with E-state index in [1.54, 1.807) is 14.0 Å². The predicted octanol–water partition coefficient (Wildman–Crippen LogP) is 5.44. The second-order valence-electron chi connectivity index (χ2n) is 10.5. The van der Waals surface area contributed by atoms with E-state index in [1.807, 2.05) is 6.92 Å². The Bertz CT molecular complexity index is 712. The molecule has 0 aromatic heterocycles. The molecule has 0 aliphatic carbocycles. The van der Waals surface area contributed by atoms with Crippen LogP contribution in [-0.4, -0.2) is 42.6 Å². The Balaban J connectivity index is 6.24. The molecule has 0 saturated carbocycles. The number of ether oxygens (including phenoxy) is 1. The molecule has 6 unspecified atom stereocenters. The fourth-order valence-electron chi connectivity index (χ4n) is 5.50. The number of methoxy groups -OCH3 is 1. The maximum Gasteiger partial charge on any atom is 0.136 e. The summed E-state index contributed by atoms with van der Waals surface area (Å²) < 4.78 is 5.41. The third-order valence-corrected chi connectivity index (χ3v) is 7.72. The van der Waals surface area contributed by atoms with Gasteiger partial charge in [-0.15, -0.1) is 0 Å². The average molecular weight is 481 g/mol. The zero-order chi connectivity index (χ0) is 26.6. The zero-order valence-electron chi connectivity index (χ0n) is 23.0. The molecule has 6 heteroatoms. The Morgan fingerprint density at radius 1 is 0.794 bits per heavy atom. The van der Waals surface area contributed by atoms with Crippen LogP contribution < -0.4 is 0 Å². The third kappa shape index (κ3) is 9.89. The predicted molar refractivity (Wildman–Crippen MR) is 135 cm³/mol. The summed E-state index contributed by atoms with van der Waals surface area (Å²) in [7, 11) is 1.57. The molecular weight excluding hydrogens is 432 g/mol. The van der Waals surface area contributed by atoms with Crippen LogP contribution >= 0.6 is 0 Å². The van der Waals surface area contributed by atoms with E-state index in [0.29, 0.717) is 44.6 Å². The van der Waals surface area contributed by atoms with Gasteiger partial charge in [0.2, 0.25) is 0 Å². The maximum atomic E-state index is 13.1. The van der Waals surface area contributed by atoms with E-state index >= 15 is 0 Å². The molecule has 6 atom stereocenters. The van der Waals surface area contributed by atoms with Crippen molar-refractivity contribution in [3.05, 3.63) is 0 Å². The first-order valence-corrected chi connectivity index (χ1v) is 12.8. The van der Waals surface area contributed by atoms with Crippen LogP contribution in [0.15, 0.2) is 0 Å². The van der Waals surface area contributed by atoms with Crippen molar-refractivity contribution in [3.8, 4) is 0 Å². The molecule has 0 aliphatic heterocycles. The highest BCUT2D eigenvalue weighted by molar-refractivity contribution is 5.90. The highest BCUT2D eigenvalue weighted by atomic mass is 16.5. The van der Waals surface area contributed by atoms with Gasteiger partial charge in [-0.3, -0.25) is 24.0 Å². The van der Waals surface area contributed by atoms with Crippen LogP contribution in [0, 0.1) is 35.0 Å². The molecule has 0 bridgehead atoms. The number of Topliss-reactive ketones (excluding diaryl/α,β-unsaturated/α-hetero) is 5. The summed E-state index contributed by atoms with van der Waals surface area (Å²) in [4.78, 5) is 62.9. The number of rotatable bonds is 19. The van der Waals surface area contributed by atoms with Gasteiger partial charge in [-0.05, 0) is 78.6 Å². The monoisotopic (exact) mass is 480 g/mol. The smallest absolute Gasteiger partial charge is 0.136 e. The van der Waals surface area contributed by atoms with E-state index in [2.05, 4.69) is 13.8 Å². The number of hydrogen-bond acceptors (Lipinski definition) is 6. The molecule has 0 spiro atoms. The lowest BCUT2D eigenvalue weighted by molar-refractivity contribution is -0.137. The summed E-state index contributed by atoms with van der Waals surface area (Å²) in [6.07, 6.45) is 3.24. The molecule has 0 aromatic carbocycles. The van der Waals surface area contributed by atoms with Crippen LogP contribution in [0.1, 0.15) is 100 Å². The van der Waals surface area contributed by atoms with Crippen LogP contribution in [0.3, 0.4) is 0 Å². The van der Waals surface area contributed by atoms with Crippen molar-refractivity contribution in [2.45, 2.75) is 100 Å². The maximum absolute atomic E-state index is 13.1. The van der Waals surface area contributed by atoms with Gasteiger partial charge in [-0.1, -0.05) is 27.2 Å². The molecule has 0 amide bonds. The van der Waals surface area contributed by atoms with Gasteiger partial charge in [0.1, 0.15) is 28.9 Å². The standard InChI is InChI=1S/C28H48O6/c1-10-18(3)14-27(22(7)32)26(21(6)31)12-13-28(23(8)33,15-19(4)29)16-24(17-34-9)25(11-2)20(5)30/h18,24-27H,10-17H2,1-9H3. The minimum atomic E-state index is -0.997. The quantitative estimate of drug-likeness (QED) is 0.244. The Hall–Kier alpha value is -1.69. The Kier molecular flexibility index (Phi) is 14.6. The first-order chi connectivity index (χ1) is 15.8. The van der Waals surface area contributed by atoms with E-state index < -0.39 is 17.3 Å². The van der Waals surface area contributed by atoms with Crippen LogP contribution in [0.2, 0.25) is 0 Å². The van der Waals surface area contributed by atoms with Gasteiger partial charge in [0, 0.05) is 43.3 Å². The Morgan fingerprint density at radius 2 is 1.32 bits per heavy atom. The SMILES string of the molecule is CCC(C)CC(C(C)=O)C(CCC(CC(C)=O)(CC(COC)C(CC)C(C)=O)C(C)=O)C(C)=O. The highest BCUT2D eigenvalue weighted by Gasteiger charge is 2.42. The van der Waals surface area contributed by atoms with Crippen molar-refractivity contribution in [2.24, 2.45) is 35.0 Å². The summed E-state index contributed by atoms with van der Waals surface area (Å²) >= 11 is 0.